The topological polar surface area (TPSA) is 104 Å². The molecule has 1 aliphatic heterocycles. The van der Waals surface area contributed by atoms with Crippen LogP contribution in [-0.2, 0) is 9.59 Å². The van der Waals surface area contributed by atoms with Gasteiger partial charge in [-0.2, -0.15) is 0 Å². The average molecular weight is 585 g/mol. The number of nitrogens with one attached hydrogen (secondary N) is 2. The molecule has 0 saturated carbocycles. The molecule has 0 spiro atoms. The zero-order valence-corrected chi connectivity index (χ0v) is 25.2. The van der Waals surface area contributed by atoms with Gasteiger partial charge < -0.3 is 34.3 Å². The van der Waals surface area contributed by atoms with Gasteiger partial charge in [0.15, 0.2) is 28.8 Å². The van der Waals surface area contributed by atoms with Crippen LogP contribution in [0.15, 0.2) is 83.2 Å². The Labute approximate surface area is 251 Å². The highest BCUT2D eigenvalue weighted by Crippen LogP contribution is 2.47. The Morgan fingerprint density at radius 3 is 1.91 bits per heavy atom. The molecule has 9 nitrogen and oxygen atoms in total. The van der Waals surface area contributed by atoms with E-state index in [1.165, 1.54) is 0 Å². The van der Waals surface area contributed by atoms with Gasteiger partial charge in [-0.05, 0) is 78.9 Å². The summed E-state index contributed by atoms with van der Waals surface area (Å²) in [7, 11) is 7.91. The van der Waals surface area contributed by atoms with Gasteiger partial charge in [0.05, 0.1) is 35.5 Å². The maximum atomic E-state index is 14.1. The number of carbonyl (C=O) groups excluding carboxylic acids is 2. The molecule has 2 N–H and O–H groups in total. The van der Waals surface area contributed by atoms with Crippen molar-refractivity contribution >= 4 is 17.4 Å². The molecule has 9 heteroatoms. The van der Waals surface area contributed by atoms with Gasteiger partial charge in [-0.3, -0.25) is 9.59 Å². The summed E-state index contributed by atoms with van der Waals surface area (Å²) in [5, 5.41) is 6.44. The highest BCUT2D eigenvalue weighted by molar-refractivity contribution is 6.10. The molecule has 2 aliphatic rings. The van der Waals surface area contributed by atoms with Crippen LogP contribution >= 0.6 is 0 Å². The van der Waals surface area contributed by atoms with Crippen molar-refractivity contribution in [2.75, 3.05) is 40.9 Å². The van der Waals surface area contributed by atoms with Crippen LogP contribution in [0.5, 0.6) is 28.7 Å². The Bertz CT molecular complexity index is 1610. The summed E-state index contributed by atoms with van der Waals surface area (Å²) in [5.74, 6) is 1.96. The number of anilines is 1. The van der Waals surface area contributed by atoms with Crippen LogP contribution in [0, 0.1) is 0 Å². The van der Waals surface area contributed by atoms with Crippen LogP contribution in [0.25, 0.3) is 0 Å². The van der Waals surface area contributed by atoms with Crippen LogP contribution < -0.4 is 34.3 Å². The SMILES string of the molecule is COc1ccc(NC(=O)C2=C(C)NC3=C(C(=O)CC(c4ccc(OC)c(OC)c4)C3)C2c2ccc(OC)c(OC)c2)cc1. The molecule has 1 heterocycles. The normalized spacial score (nSPS) is 18.0. The summed E-state index contributed by atoms with van der Waals surface area (Å²) >= 11 is 0. The van der Waals surface area contributed by atoms with Gasteiger partial charge in [0.25, 0.3) is 5.91 Å². The van der Waals surface area contributed by atoms with E-state index in [0.29, 0.717) is 57.7 Å². The first kappa shape index (κ1) is 29.6. The van der Waals surface area contributed by atoms with E-state index < -0.39 is 5.92 Å². The van der Waals surface area contributed by atoms with Crippen molar-refractivity contribution in [2.24, 2.45) is 0 Å². The maximum absolute atomic E-state index is 14.1. The zero-order valence-electron chi connectivity index (χ0n) is 25.2. The minimum Gasteiger partial charge on any atom is -0.497 e. The number of Topliss-reactive ketones (excluding diaryl/α,β-unsaturated/α-hetero) is 1. The van der Waals surface area contributed by atoms with Gasteiger partial charge >= 0.3 is 0 Å². The molecule has 5 rings (SSSR count). The Morgan fingerprint density at radius 2 is 1.33 bits per heavy atom. The minimum absolute atomic E-state index is 0.0319. The molecule has 0 aromatic heterocycles. The number of amides is 1. The summed E-state index contributed by atoms with van der Waals surface area (Å²) in [6.07, 6.45) is 0.872. The number of dihydropyridines is 1. The number of methoxy groups -OCH3 is 5. The number of allylic oxidation sites excluding steroid dienone is 3. The summed E-state index contributed by atoms with van der Waals surface area (Å²) in [5.41, 5.74) is 4.85. The molecular formula is C34H36N2O7. The standard InChI is InChI=1S/C34H36N2O7/c1-19-31(34(38)36-23-9-11-24(39-2)12-10-23)32(21-8-14-28(41-4)30(18-21)43-6)33-25(35-19)15-22(16-26(33)37)20-7-13-27(40-3)29(17-20)42-5/h7-14,17-18,22,32,35H,15-16H2,1-6H3,(H,36,38). The van der Waals surface area contributed by atoms with E-state index in [9.17, 15) is 9.59 Å². The van der Waals surface area contributed by atoms with E-state index in [2.05, 4.69) is 10.6 Å². The highest BCUT2D eigenvalue weighted by Gasteiger charge is 2.41. The molecule has 3 aromatic rings. The van der Waals surface area contributed by atoms with Gasteiger partial charge in [-0.1, -0.05) is 12.1 Å². The fourth-order valence-corrected chi connectivity index (χ4v) is 5.92. The highest BCUT2D eigenvalue weighted by atomic mass is 16.5. The van der Waals surface area contributed by atoms with Crippen LogP contribution in [0.2, 0.25) is 0 Å². The van der Waals surface area contributed by atoms with Gasteiger partial charge in [0.2, 0.25) is 0 Å². The molecule has 0 fully saturated rings. The van der Waals surface area contributed by atoms with Crippen molar-refractivity contribution in [3.63, 3.8) is 0 Å². The molecule has 0 saturated heterocycles. The molecule has 0 radical (unpaired) electrons. The number of carbonyl (C=O) groups is 2. The average Bonchev–Trinajstić information content (AvgIpc) is 3.03. The van der Waals surface area contributed by atoms with Crippen molar-refractivity contribution in [2.45, 2.75) is 31.6 Å². The first-order valence-electron chi connectivity index (χ1n) is 13.9. The van der Waals surface area contributed by atoms with Crippen molar-refractivity contribution in [3.05, 3.63) is 94.3 Å². The summed E-state index contributed by atoms with van der Waals surface area (Å²) in [4.78, 5) is 28.0. The van der Waals surface area contributed by atoms with Crippen LogP contribution in [-0.4, -0.2) is 47.2 Å². The predicted octanol–water partition coefficient (Wildman–Crippen LogP) is 5.73. The number of hydrogen-bond donors (Lipinski definition) is 2. The van der Waals surface area contributed by atoms with Crippen molar-refractivity contribution in [1.29, 1.82) is 0 Å². The van der Waals surface area contributed by atoms with E-state index in [-0.39, 0.29) is 24.0 Å². The van der Waals surface area contributed by atoms with E-state index in [0.717, 1.165) is 16.8 Å². The van der Waals surface area contributed by atoms with Crippen molar-refractivity contribution in [1.82, 2.24) is 5.32 Å². The third-order valence-corrected chi connectivity index (χ3v) is 8.04. The lowest BCUT2D eigenvalue weighted by molar-refractivity contribution is -0.116. The molecule has 2 unspecified atom stereocenters. The first-order valence-corrected chi connectivity index (χ1v) is 13.9. The number of ether oxygens (including phenoxy) is 5. The van der Waals surface area contributed by atoms with Crippen LogP contribution in [0.3, 0.4) is 0 Å². The van der Waals surface area contributed by atoms with Gasteiger partial charge in [0.1, 0.15) is 5.75 Å². The van der Waals surface area contributed by atoms with Gasteiger partial charge in [-0.15, -0.1) is 0 Å². The Balaban J connectivity index is 1.57. The third-order valence-electron chi connectivity index (χ3n) is 8.04. The zero-order chi connectivity index (χ0) is 30.7. The van der Waals surface area contributed by atoms with E-state index in [1.807, 2.05) is 37.3 Å². The molecule has 43 heavy (non-hydrogen) atoms. The fraction of sp³-hybridized carbons (Fsp3) is 0.294. The van der Waals surface area contributed by atoms with Crippen molar-refractivity contribution < 1.29 is 33.3 Å². The van der Waals surface area contributed by atoms with E-state index in [1.54, 1.807) is 65.9 Å². The van der Waals surface area contributed by atoms with Crippen LogP contribution in [0.1, 0.15) is 42.7 Å². The second-order valence-electron chi connectivity index (χ2n) is 10.4. The Kier molecular flexibility index (Phi) is 8.61. The lowest BCUT2D eigenvalue weighted by atomic mass is 9.71. The molecular weight excluding hydrogens is 548 g/mol. The number of ketones is 1. The van der Waals surface area contributed by atoms with Gasteiger partial charge in [0, 0.05) is 40.6 Å². The summed E-state index contributed by atoms with van der Waals surface area (Å²) in [6, 6.07) is 18.4. The third kappa shape index (κ3) is 5.75. The quantitative estimate of drug-likeness (QED) is 0.329. The lowest BCUT2D eigenvalue weighted by Gasteiger charge is -2.37. The monoisotopic (exact) mass is 584 g/mol. The molecule has 2 atom stereocenters. The van der Waals surface area contributed by atoms with Gasteiger partial charge in [-0.25, -0.2) is 0 Å². The molecule has 1 aliphatic carbocycles. The number of hydrogen-bond acceptors (Lipinski definition) is 8. The molecule has 0 bridgehead atoms. The first-order chi connectivity index (χ1) is 20.8. The van der Waals surface area contributed by atoms with Crippen LogP contribution in [0.4, 0.5) is 5.69 Å². The fourth-order valence-electron chi connectivity index (χ4n) is 5.92. The lowest BCUT2D eigenvalue weighted by Crippen LogP contribution is -2.37. The van der Waals surface area contributed by atoms with Crippen molar-refractivity contribution in [3.8, 4) is 28.7 Å². The molecule has 1 amide bonds. The molecule has 224 valence electrons. The number of rotatable bonds is 9. The smallest absolute Gasteiger partial charge is 0.254 e. The van der Waals surface area contributed by atoms with E-state index >= 15 is 0 Å². The maximum Gasteiger partial charge on any atom is 0.254 e. The second kappa shape index (κ2) is 12.5. The Morgan fingerprint density at radius 1 is 0.744 bits per heavy atom. The largest absolute Gasteiger partial charge is 0.497 e. The second-order valence-corrected chi connectivity index (χ2v) is 10.4. The number of benzene rings is 3. The predicted molar refractivity (Wildman–Crippen MR) is 163 cm³/mol. The summed E-state index contributed by atoms with van der Waals surface area (Å²) < 4.78 is 27.2. The van der Waals surface area contributed by atoms with E-state index in [4.69, 9.17) is 23.7 Å². The summed E-state index contributed by atoms with van der Waals surface area (Å²) in [6.45, 7) is 1.87. The minimum atomic E-state index is -0.617. The molecule has 3 aromatic carbocycles. The Hall–Kier alpha value is -4.92.